The summed E-state index contributed by atoms with van der Waals surface area (Å²) in [4.78, 5) is 4.38. The third-order valence-electron chi connectivity index (χ3n) is 1.48. The molecule has 0 atom stereocenters. The topological polar surface area (TPSA) is 44.5 Å². The zero-order valence-electron chi connectivity index (χ0n) is 6.71. The largest absolute Gasteiger partial charge is 0.496 e. The van der Waals surface area contributed by atoms with Crippen LogP contribution in [0.4, 0.5) is 4.39 Å². The van der Waals surface area contributed by atoms with Crippen LogP contribution in [0.1, 0.15) is 5.56 Å². The van der Waals surface area contributed by atoms with Gasteiger partial charge in [-0.15, -0.1) is 0 Å². The third-order valence-corrected chi connectivity index (χ3v) is 1.48. The molecule has 3 nitrogen and oxygen atoms in total. The molecular formula is C8H10FNO2. The number of halogens is 1. The first-order valence-electron chi connectivity index (χ1n) is 3.42. The molecule has 0 fully saturated rings. The summed E-state index contributed by atoms with van der Waals surface area (Å²) in [6, 6.07) is 4.17. The molecule has 0 radical (unpaired) electrons. The van der Waals surface area contributed by atoms with Crippen molar-refractivity contribution < 1.29 is 14.0 Å². The predicted molar refractivity (Wildman–Crippen MR) is 41.9 cm³/mol. The van der Waals surface area contributed by atoms with Gasteiger partial charge in [0.2, 0.25) is 0 Å². The number of hydrogen-bond acceptors (Lipinski definition) is 3. The molecule has 2 N–H and O–H groups in total. The standard InChI is InChI=1S/C8H10FNO2/c1-11-8-3-2-7(9)4-6(8)5-12-10/h2-4H,5,10H2,1H3. The Balaban J connectivity index is 2.95. The van der Waals surface area contributed by atoms with Crippen molar-refractivity contribution in [1.82, 2.24) is 0 Å². The van der Waals surface area contributed by atoms with Crippen molar-refractivity contribution in [2.45, 2.75) is 6.61 Å². The molecule has 0 aromatic heterocycles. The lowest BCUT2D eigenvalue weighted by molar-refractivity contribution is 0.122. The second-order valence-electron chi connectivity index (χ2n) is 2.27. The number of hydrogen-bond donors (Lipinski definition) is 1. The van der Waals surface area contributed by atoms with Gasteiger partial charge < -0.3 is 4.74 Å². The number of benzene rings is 1. The van der Waals surface area contributed by atoms with Gasteiger partial charge in [-0.25, -0.2) is 10.3 Å². The van der Waals surface area contributed by atoms with Crippen molar-refractivity contribution in [1.29, 1.82) is 0 Å². The predicted octanol–water partition coefficient (Wildman–Crippen LogP) is 1.22. The van der Waals surface area contributed by atoms with Crippen molar-refractivity contribution in [2.24, 2.45) is 5.90 Å². The number of rotatable bonds is 3. The smallest absolute Gasteiger partial charge is 0.124 e. The number of ether oxygens (including phenoxy) is 1. The lowest BCUT2D eigenvalue weighted by atomic mass is 10.2. The summed E-state index contributed by atoms with van der Waals surface area (Å²) in [6.45, 7) is 0.140. The molecule has 0 heterocycles. The van der Waals surface area contributed by atoms with E-state index in [-0.39, 0.29) is 12.4 Å². The normalized spacial score (nSPS) is 9.92. The van der Waals surface area contributed by atoms with Crippen LogP contribution in [0.5, 0.6) is 5.75 Å². The van der Waals surface area contributed by atoms with Crippen LogP contribution in [0, 0.1) is 5.82 Å². The minimum atomic E-state index is -0.331. The van der Waals surface area contributed by atoms with Gasteiger partial charge in [-0.05, 0) is 18.2 Å². The molecule has 0 saturated heterocycles. The number of methoxy groups -OCH3 is 1. The van der Waals surface area contributed by atoms with E-state index in [9.17, 15) is 4.39 Å². The summed E-state index contributed by atoms with van der Waals surface area (Å²) in [5.74, 6) is 5.10. The summed E-state index contributed by atoms with van der Waals surface area (Å²) in [5.41, 5.74) is 0.597. The van der Waals surface area contributed by atoms with E-state index in [1.54, 1.807) is 0 Å². The Bertz CT molecular complexity index is 265. The van der Waals surface area contributed by atoms with E-state index in [0.717, 1.165) is 0 Å². The van der Waals surface area contributed by atoms with Gasteiger partial charge in [0.05, 0.1) is 13.7 Å². The Morgan fingerprint density at radius 2 is 2.25 bits per heavy atom. The first-order chi connectivity index (χ1) is 5.77. The fraction of sp³-hybridized carbons (Fsp3) is 0.250. The molecule has 0 aliphatic heterocycles. The Labute approximate surface area is 69.8 Å². The zero-order valence-corrected chi connectivity index (χ0v) is 6.71. The summed E-state index contributed by atoms with van der Waals surface area (Å²) >= 11 is 0. The van der Waals surface area contributed by atoms with Gasteiger partial charge in [0, 0.05) is 5.56 Å². The van der Waals surface area contributed by atoms with Crippen LogP contribution in [0.3, 0.4) is 0 Å². The minimum absolute atomic E-state index is 0.140. The highest BCUT2D eigenvalue weighted by Gasteiger charge is 2.03. The Hall–Kier alpha value is -1.13. The number of nitrogens with two attached hydrogens (primary N) is 1. The SMILES string of the molecule is COc1ccc(F)cc1CON. The van der Waals surface area contributed by atoms with E-state index < -0.39 is 0 Å². The molecule has 0 unspecified atom stereocenters. The van der Waals surface area contributed by atoms with Crippen LogP contribution in [0.2, 0.25) is 0 Å². The Kier molecular flexibility index (Phi) is 3.01. The van der Waals surface area contributed by atoms with Crippen LogP contribution in [-0.2, 0) is 11.4 Å². The molecule has 1 aromatic rings. The highest BCUT2D eigenvalue weighted by Crippen LogP contribution is 2.19. The second-order valence-corrected chi connectivity index (χ2v) is 2.27. The van der Waals surface area contributed by atoms with E-state index >= 15 is 0 Å². The van der Waals surface area contributed by atoms with Crippen LogP contribution < -0.4 is 10.6 Å². The molecule has 4 heteroatoms. The molecule has 0 aliphatic rings. The van der Waals surface area contributed by atoms with Crippen molar-refractivity contribution in [3.05, 3.63) is 29.6 Å². The van der Waals surface area contributed by atoms with E-state index in [0.29, 0.717) is 11.3 Å². The molecular weight excluding hydrogens is 161 g/mol. The van der Waals surface area contributed by atoms with Crippen LogP contribution >= 0.6 is 0 Å². The maximum absolute atomic E-state index is 12.7. The molecule has 1 rings (SSSR count). The summed E-state index contributed by atoms with van der Waals surface area (Å²) < 4.78 is 17.6. The molecule has 0 saturated carbocycles. The van der Waals surface area contributed by atoms with Gasteiger partial charge in [-0.1, -0.05) is 0 Å². The maximum Gasteiger partial charge on any atom is 0.124 e. The fourth-order valence-corrected chi connectivity index (χ4v) is 0.950. The van der Waals surface area contributed by atoms with Gasteiger partial charge in [0.25, 0.3) is 0 Å². The highest BCUT2D eigenvalue weighted by atomic mass is 19.1. The summed E-state index contributed by atoms with van der Waals surface area (Å²) in [7, 11) is 1.51. The first-order valence-corrected chi connectivity index (χ1v) is 3.42. The van der Waals surface area contributed by atoms with Gasteiger partial charge in [0.1, 0.15) is 11.6 Å². The van der Waals surface area contributed by atoms with Gasteiger partial charge >= 0.3 is 0 Å². The van der Waals surface area contributed by atoms with Crippen molar-refractivity contribution in [3.8, 4) is 5.75 Å². The second kappa shape index (κ2) is 4.04. The molecule has 0 amide bonds. The van der Waals surface area contributed by atoms with E-state index in [2.05, 4.69) is 4.84 Å². The fourth-order valence-electron chi connectivity index (χ4n) is 0.950. The van der Waals surface area contributed by atoms with Crippen molar-refractivity contribution in [2.75, 3.05) is 7.11 Å². The molecule has 0 bridgehead atoms. The van der Waals surface area contributed by atoms with Gasteiger partial charge in [-0.3, -0.25) is 4.84 Å². The Morgan fingerprint density at radius 3 is 2.83 bits per heavy atom. The average Bonchev–Trinajstić information content (AvgIpc) is 2.05. The quantitative estimate of drug-likeness (QED) is 0.695. The van der Waals surface area contributed by atoms with E-state index in [1.807, 2.05) is 0 Å². The molecule has 1 aromatic carbocycles. The lowest BCUT2D eigenvalue weighted by Crippen LogP contribution is -2.01. The lowest BCUT2D eigenvalue weighted by Gasteiger charge is -2.06. The van der Waals surface area contributed by atoms with Crippen molar-refractivity contribution >= 4 is 0 Å². The first kappa shape index (κ1) is 8.96. The monoisotopic (exact) mass is 171 g/mol. The third kappa shape index (κ3) is 1.93. The van der Waals surface area contributed by atoms with Crippen LogP contribution in [-0.4, -0.2) is 7.11 Å². The van der Waals surface area contributed by atoms with Gasteiger partial charge in [-0.2, -0.15) is 0 Å². The van der Waals surface area contributed by atoms with E-state index in [1.165, 1.54) is 25.3 Å². The van der Waals surface area contributed by atoms with Crippen LogP contribution in [0.25, 0.3) is 0 Å². The van der Waals surface area contributed by atoms with Gasteiger partial charge in [0.15, 0.2) is 0 Å². The van der Waals surface area contributed by atoms with Crippen LogP contribution in [0.15, 0.2) is 18.2 Å². The molecule has 0 aliphatic carbocycles. The highest BCUT2D eigenvalue weighted by molar-refractivity contribution is 5.33. The summed E-state index contributed by atoms with van der Waals surface area (Å²) in [6.07, 6.45) is 0. The van der Waals surface area contributed by atoms with E-state index in [4.69, 9.17) is 10.6 Å². The molecule has 0 spiro atoms. The van der Waals surface area contributed by atoms with Crippen molar-refractivity contribution in [3.63, 3.8) is 0 Å². The minimum Gasteiger partial charge on any atom is -0.496 e. The molecule has 12 heavy (non-hydrogen) atoms. The maximum atomic E-state index is 12.7. The Morgan fingerprint density at radius 1 is 1.50 bits per heavy atom. The summed E-state index contributed by atoms with van der Waals surface area (Å²) in [5, 5.41) is 0. The zero-order chi connectivity index (χ0) is 8.97. The molecule has 66 valence electrons. The average molecular weight is 171 g/mol.